The van der Waals surface area contributed by atoms with Gasteiger partial charge in [-0.05, 0) is 41.8 Å². The third-order valence-electron chi connectivity index (χ3n) is 3.23. The van der Waals surface area contributed by atoms with Crippen molar-refractivity contribution in [2.45, 2.75) is 13.0 Å². The zero-order chi connectivity index (χ0) is 14.7. The van der Waals surface area contributed by atoms with Crippen LogP contribution in [-0.2, 0) is 0 Å². The molecule has 2 aromatic carbocycles. The van der Waals surface area contributed by atoms with Gasteiger partial charge in [-0.2, -0.15) is 0 Å². The zero-order valence-electron chi connectivity index (χ0n) is 11.7. The number of hydrogen-bond acceptors (Lipinski definition) is 3. The normalized spacial score (nSPS) is 12.1. The Bertz CT molecular complexity index is 611. The molecule has 0 radical (unpaired) electrons. The summed E-state index contributed by atoms with van der Waals surface area (Å²) in [5.41, 5.74) is 2.45. The van der Waals surface area contributed by atoms with Crippen molar-refractivity contribution in [3.05, 3.63) is 58.1 Å². The maximum absolute atomic E-state index is 10.4. The molecule has 0 aliphatic rings. The van der Waals surface area contributed by atoms with Crippen molar-refractivity contribution >= 4 is 11.6 Å². The Kier molecular flexibility index (Phi) is 4.53. The van der Waals surface area contributed by atoms with Gasteiger partial charge >= 0.3 is 0 Å². The molecule has 1 atom stereocenters. The maximum atomic E-state index is 10.4. The molecule has 0 aromatic heterocycles. The first kappa shape index (κ1) is 14.7. The van der Waals surface area contributed by atoms with Gasteiger partial charge in [-0.25, -0.2) is 0 Å². The van der Waals surface area contributed by atoms with Crippen LogP contribution in [-0.4, -0.2) is 19.3 Å². The van der Waals surface area contributed by atoms with Gasteiger partial charge in [0.25, 0.3) is 0 Å². The molecule has 0 heterocycles. The van der Waals surface area contributed by atoms with E-state index in [1.807, 2.05) is 19.1 Å². The molecule has 0 saturated heterocycles. The SMILES string of the molecule is COc1ccc(C(O)c2ccc(C)c(Cl)c2)cc1OC. The number of rotatable bonds is 4. The number of ether oxygens (including phenoxy) is 2. The molecular formula is C16H17ClO3. The van der Waals surface area contributed by atoms with Gasteiger partial charge in [0.2, 0.25) is 0 Å². The lowest BCUT2D eigenvalue weighted by Crippen LogP contribution is -2.01. The number of aliphatic hydroxyl groups is 1. The molecule has 0 amide bonds. The van der Waals surface area contributed by atoms with Gasteiger partial charge in [0.15, 0.2) is 11.5 Å². The summed E-state index contributed by atoms with van der Waals surface area (Å²) in [5, 5.41) is 11.1. The third-order valence-corrected chi connectivity index (χ3v) is 3.64. The van der Waals surface area contributed by atoms with Gasteiger partial charge in [0.05, 0.1) is 14.2 Å². The van der Waals surface area contributed by atoms with Crippen molar-refractivity contribution in [1.29, 1.82) is 0 Å². The average Bonchev–Trinajstić information content (AvgIpc) is 2.48. The van der Waals surface area contributed by atoms with Gasteiger partial charge in [-0.3, -0.25) is 0 Å². The molecular weight excluding hydrogens is 276 g/mol. The number of halogens is 1. The Hall–Kier alpha value is -1.71. The molecule has 2 rings (SSSR count). The van der Waals surface area contributed by atoms with Crippen molar-refractivity contribution in [2.24, 2.45) is 0 Å². The minimum Gasteiger partial charge on any atom is -0.493 e. The predicted molar refractivity (Wildman–Crippen MR) is 79.8 cm³/mol. The molecule has 0 fully saturated rings. The van der Waals surface area contributed by atoms with E-state index in [9.17, 15) is 5.11 Å². The second-order valence-electron chi connectivity index (χ2n) is 4.53. The molecule has 2 aromatic rings. The molecule has 0 saturated carbocycles. The number of aliphatic hydroxyl groups excluding tert-OH is 1. The molecule has 1 N–H and O–H groups in total. The topological polar surface area (TPSA) is 38.7 Å². The van der Waals surface area contributed by atoms with Gasteiger partial charge in [0, 0.05) is 5.02 Å². The fourth-order valence-electron chi connectivity index (χ4n) is 1.99. The van der Waals surface area contributed by atoms with Crippen molar-refractivity contribution in [3.63, 3.8) is 0 Å². The Morgan fingerprint density at radius 3 is 2.15 bits per heavy atom. The van der Waals surface area contributed by atoms with Gasteiger partial charge < -0.3 is 14.6 Å². The summed E-state index contributed by atoms with van der Waals surface area (Å²) >= 11 is 6.10. The molecule has 4 heteroatoms. The molecule has 20 heavy (non-hydrogen) atoms. The molecule has 1 unspecified atom stereocenters. The van der Waals surface area contributed by atoms with Crippen LogP contribution in [0.3, 0.4) is 0 Å². The van der Waals surface area contributed by atoms with Crippen molar-refractivity contribution in [2.75, 3.05) is 14.2 Å². The molecule has 0 bridgehead atoms. The molecule has 0 aliphatic heterocycles. The Morgan fingerprint density at radius 2 is 1.55 bits per heavy atom. The lowest BCUT2D eigenvalue weighted by atomic mass is 10.00. The second-order valence-corrected chi connectivity index (χ2v) is 4.93. The predicted octanol–water partition coefficient (Wildman–Crippen LogP) is 3.75. The highest BCUT2D eigenvalue weighted by Crippen LogP contribution is 2.33. The zero-order valence-corrected chi connectivity index (χ0v) is 12.4. The first-order valence-electron chi connectivity index (χ1n) is 6.23. The lowest BCUT2D eigenvalue weighted by Gasteiger charge is -2.15. The van der Waals surface area contributed by atoms with Crippen LogP contribution < -0.4 is 9.47 Å². The standard InChI is InChI=1S/C16H17ClO3/c1-10-4-5-11(8-13(10)17)16(18)12-6-7-14(19-2)15(9-12)20-3/h4-9,16,18H,1-3H3. The number of methoxy groups -OCH3 is 2. The lowest BCUT2D eigenvalue weighted by molar-refractivity contribution is 0.219. The number of hydrogen-bond donors (Lipinski definition) is 1. The van der Waals surface area contributed by atoms with E-state index in [0.717, 1.165) is 16.7 Å². The van der Waals surface area contributed by atoms with Crippen molar-refractivity contribution in [1.82, 2.24) is 0 Å². The minimum absolute atomic E-state index is 0.585. The van der Waals surface area contributed by atoms with Crippen LogP contribution in [0.25, 0.3) is 0 Å². The quantitative estimate of drug-likeness (QED) is 0.933. The highest BCUT2D eigenvalue weighted by molar-refractivity contribution is 6.31. The van der Waals surface area contributed by atoms with E-state index in [0.29, 0.717) is 16.5 Å². The molecule has 106 valence electrons. The average molecular weight is 293 g/mol. The minimum atomic E-state index is -0.757. The monoisotopic (exact) mass is 292 g/mol. The summed E-state index contributed by atoms with van der Waals surface area (Å²) in [7, 11) is 3.14. The summed E-state index contributed by atoms with van der Waals surface area (Å²) in [5.74, 6) is 1.22. The highest BCUT2D eigenvalue weighted by Gasteiger charge is 2.14. The summed E-state index contributed by atoms with van der Waals surface area (Å²) in [6.45, 7) is 1.93. The van der Waals surface area contributed by atoms with Crippen LogP contribution in [0, 0.1) is 6.92 Å². The first-order valence-corrected chi connectivity index (χ1v) is 6.60. The fourth-order valence-corrected chi connectivity index (χ4v) is 2.18. The number of benzene rings is 2. The van der Waals surface area contributed by atoms with Crippen LogP contribution >= 0.6 is 11.6 Å². The van der Waals surface area contributed by atoms with E-state index in [4.69, 9.17) is 21.1 Å². The fraction of sp³-hybridized carbons (Fsp3) is 0.250. The molecule has 3 nitrogen and oxygen atoms in total. The first-order chi connectivity index (χ1) is 9.56. The van der Waals surface area contributed by atoms with E-state index in [1.54, 1.807) is 38.5 Å². The van der Waals surface area contributed by atoms with E-state index < -0.39 is 6.10 Å². The summed E-state index contributed by atoms with van der Waals surface area (Å²) in [4.78, 5) is 0. The summed E-state index contributed by atoms with van der Waals surface area (Å²) in [6.07, 6.45) is -0.757. The maximum Gasteiger partial charge on any atom is 0.161 e. The smallest absolute Gasteiger partial charge is 0.161 e. The summed E-state index contributed by atoms with van der Waals surface area (Å²) in [6, 6.07) is 10.9. The third kappa shape index (κ3) is 2.89. The Labute approximate surface area is 123 Å². The van der Waals surface area contributed by atoms with Gasteiger partial charge in [-0.15, -0.1) is 0 Å². The van der Waals surface area contributed by atoms with Gasteiger partial charge in [-0.1, -0.05) is 29.8 Å². The van der Waals surface area contributed by atoms with E-state index in [2.05, 4.69) is 0 Å². The highest BCUT2D eigenvalue weighted by atomic mass is 35.5. The van der Waals surface area contributed by atoms with Crippen LogP contribution in [0.4, 0.5) is 0 Å². The van der Waals surface area contributed by atoms with Crippen LogP contribution in [0.5, 0.6) is 11.5 Å². The van der Waals surface area contributed by atoms with E-state index in [-0.39, 0.29) is 0 Å². The largest absolute Gasteiger partial charge is 0.493 e. The van der Waals surface area contributed by atoms with Crippen molar-refractivity contribution < 1.29 is 14.6 Å². The Morgan fingerprint density at radius 1 is 0.950 bits per heavy atom. The van der Waals surface area contributed by atoms with Crippen molar-refractivity contribution in [3.8, 4) is 11.5 Å². The van der Waals surface area contributed by atoms with E-state index in [1.165, 1.54) is 0 Å². The van der Waals surface area contributed by atoms with Crippen LogP contribution in [0.15, 0.2) is 36.4 Å². The number of aryl methyl sites for hydroxylation is 1. The van der Waals surface area contributed by atoms with E-state index >= 15 is 0 Å². The second kappa shape index (κ2) is 6.16. The van der Waals surface area contributed by atoms with Gasteiger partial charge in [0.1, 0.15) is 6.10 Å². The van der Waals surface area contributed by atoms with Crippen LogP contribution in [0.1, 0.15) is 22.8 Å². The molecule has 0 spiro atoms. The van der Waals surface area contributed by atoms with Crippen LogP contribution in [0.2, 0.25) is 5.02 Å². The Balaban J connectivity index is 2.37. The molecule has 0 aliphatic carbocycles. The summed E-state index contributed by atoms with van der Waals surface area (Å²) < 4.78 is 10.4.